The predicted octanol–water partition coefficient (Wildman–Crippen LogP) is 17.1. The van der Waals surface area contributed by atoms with Crippen LogP contribution < -0.4 is 31.1 Å². The first-order valence-electron chi connectivity index (χ1n) is 27.0. The van der Waals surface area contributed by atoms with Gasteiger partial charge in [-0.05, 0) is 200 Å². The van der Waals surface area contributed by atoms with Crippen LogP contribution in [0.4, 0.5) is 51.2 Å². The lowest BCUT2D eigenvalue weighted by atomic mass is 9.33. The number of hydrogen-bond donors (Lipinski definition) is 0. The summed E-state index contributed by atoms with van der Waals surface area (Å²) in [4.78, 5) is 7.81. The van der Waals surface area contributed by atoms with Gasteiger partial charge < -0.3 is 14.7 Å². The van der Waals surface area contributed by atoms with Crippen molar-refractivity contribution >= 4 is 74.3 Å². The molecule has 4 aliphatic rings. The summed E-state index contributed by atoms with van der Waals surface area (Å²) in [6.45, 7) is 31.4. The highest BCUT2D eigenvalue weighted by Crippen LogP contribution is 2.55. The number of nitrogens with zero attached hydrogens (tertiary/aromatic N) is 3. The molecule has 2 aliphatic heterocycles. The Bertz CT molecular complexity index is 3460. The van der Waals surface area contributed by atoms with Gasteiger partial charge in [0.2, 0.25) is 0 Å². The molecule has 8 aromatic rings. The summed E-state index contributed by atoms with van der Waals surface area (Å²) in [5, 5.41) is 0. The molecule has 2 heterocycles. The van der Waals surface area contributed by atoms with Gasteiger partial charge in [-0.15, -0.1) is 0 Å². The van der Waals surface area contributed by atoms with Crippen LogP contribution in [0.15, 0.2) is 164 Å². The Morgan fingerprint density at radius 2 is 0.932 bits per heavy atom. The van der Waals surface area contributed by atoms with Gasteiger partial charge in [-0.1, -0.05) is 161 Å². The molecule has 0 aromatic heterocycles. The maximum absolute atomic E-state index is 2.69. The zero-order valence-electron chi connectivity index (χ0n) is 45.6. The Labute approximate surface area is 437 Å². The van der Waals surface area contributed by atoms with E-state index < -0.39 is 0 Å². The molecule has 0 N–H and O–H groups in total. The number of benzene rings is 8. The molecule has 12 rings (SSSR count). The van der Waals surface area contributed by atoms with E-state index in [1.165, 1.54) is 107 Å². The Hall–Kier alpha value is -6.78. The average Bonchev–Trinajstić information content (AvgIpc) is 3.54. The van der Waals surface area contributed by atoms with Crippen molar-refractivity contribution in [2.24, 2.45) is 0 Å². The molecule has 0 spiro atoms. The average molecular weight is 954 g/mol. The second-order valence-electron chi connectivity index (χ2n) is 25.8. The molecule has 0 atom stereocenters. The molecule has 0 radical (unpaired) electrons. The van der Waals surface area contributed by atoms with Gasteiger partial charge in [0, 0.05) is 51.1 Å². The number of rotatable bonds is 6. The van der Waals surface area contributed by atoms with Crippen molar-refractivity contribution in [3.8, 4) is 11.1 Å². The summed E-state index contributed by atoms with van der Waals surface area (Å²) in [5.41, 5.74) is 27.4. The van der Waals surface area contributed by atoms with Gasteiger partial charge in [0.15, 0.2) is 0 Å². The highest BCUT2D eigenvalue weighted by molar-refractivity contribution is 7.00. The maximum atomic E-state index is 2.69. The first-order valence-corrected chi connectivity index (χ1v) is 27.0. The summed E-state index contributed by atoms with van der Waals surface area (Å²) >= 11 is 0. The summed E-state index contributed by atoms with van der Waals surface area (Å²) in [6.07, 6.45) is 3.44. The van der Waals surface area contributed by atoms with Crippen molar-refractivity contribution in [3.63, 3.8) is 0 Å². The van der Waals surface area contributed by atoms with Crippen molar-refractivity contribution in [1.82, 2.24) is 0 Å². The Morgan fingerprint density at radius 1 is 0.438 bits per heavy atom. The van der Waals surface area contributed by atoms with E-state index in [4.69, 9.17) is 0 Å². The lowest BCUT2D eigenvalue weighted by Gasteiger charge is -2.47. The first-order chi connectivity index (χ1) is 34.6. The minimum atomic E-state index is -0.0522. The van der Waals surface area contributed by atoms with Gasteiger partial charge >= 0.3 is 0 Å². The Balaban J connectivity index is 1.21. The fourth-order valence-corrected chi connectivity index (χ4v) is 13.8. The molecule has 73 heavy (non-hydrogen) atoms. The molecule has 8 aromatic carbocycles. The number of para-hydroxylation sites is 2. The molecule has 0 saturated heterocycles. The van der Waals surface area contributed by atoms with Crippen LogP contribution in [0.5, 0.6) is 0 Å². The van der Waals surface area contributed by atoms with Crippen LogP contribution in [0.1, 0.15) is 134 Å². The summed E-state index contributed by atoms with van der Waals surface area (Å²) < 4.78 is 0. The minimum absolute atomic E-state index is 0.00224. The number of anilines is 9. The van der Waals surface area contributed by atoms with Crippen molar-refractivity contribution in [2.75, 3.05) is 14.7 Å². The van der Waals surface area contributed by atoms with Crippen LogP contribution in [0, 0.1) is 13.8 Å². The van der Waals surface area contributed by atoms with E-state index in [1.807, 2.05) is 0 Å². The van der Waals surface area contributed by atoms with Crippen LogP contribution >= 0.6 is 0 Å². The van der Waals surface area contributed by atoms with E-state index in [1.54, 1.807) is 0 Å². The first kappa shape index (κ1) is 47.2. The van der Waals surface area contributed by atoms with Crippen LogP contribution in [0.3, 0.4) is 0 Å². The third kappa shape index (κ3) is 7.52. The number of aryl methyl sites for hydroxylation is 2. The van der Waals surface area contributed by atoms with Crippen LogP contribution in [0.2, 0.25) is 0 Å². The van der Waals surface area contributed by atoms with Crippen molar-refractivity contribution in [2.45, 2.75) is 136 Å². The monoisotopic (exact) mass is 954 g/mol. The number of hydrogen-bond acceptors (Lipinski definition) is 3. The van der Waals surface area contributed by atoms with Crippen molar-refractivity contribution < 1.29 is 0 Å². The van der Waals surface area contributed by atoms with E-state index in [9.17, 15) is 0 Å². The van der Waals surface area contributed by atoms with E-state index in [2.05, 4.69) is 269 Å². The highest BCUT2D eigenvalue weighted by atomic mass is 15.2. The maximum Gasteiger partial charge on any atom is 0.252 e. The molecule has 2 aliphatic carbocycles. The van der Waals surface area contributed by atoms with E-state index in [-0.39, 0.29) is 33.8 Å². The lowest BCUT2D eigenvalue weighted by molar-refractivity contribution is 0.332. The van der Waals surface area contributed by atoms with Gasteiger partial charge in [-0.2, -0.15) is 0 Å². The molecule has 366 valence electrons. The zero-order chi connectivity index (χ0) is 51.1. The molecule has 0 unspecified atom stereocenters. The highest BCUT2D eigenvalue weighted by Gasteiger charge is 2.49. The minimum Gasteiger partial charge on any atom is -0.311 e. The molecule has 0 fully saturated rings. The van der Waals surface area contributed by atoms with Gasteiger partial charge in [0.25, 0.3) is 6.71 Å². The van der Waals surface area contributed by atoms with Gasteiger partial charge in [0.1, 0.15) is 0 Å². The van der Waals surface area contributed by atoms with Gasteiger partial charge in [-0.25, -0.2) is 0 Å². The van der Waals surface area contributed by atoms with Gasteiger partial charge in [0.05, 0.1) is 5.69 Å². The normalized spacial score (nSPS) is 17.3. The molecule has 0 bridgehead atoms. The largest absolute Gasteiger partial charge is 0.311 e. The summed E-state index contributed by atoms with van der Waals surface area (Å²) in [7, 11) is 0. The second kappa shape index (κ2) is 16.4. The second-order valence-corrected chi connectivity index (χ2v) is 25.8. The lowest BCUT2D eigenvalue weighted by Crippen LogP contribution is -2.61. The topological polar surface area (TPSA) is 9.72 Å². The third-order valence-corrected chi connectivity index (χ3v) is 17.6. The smallest absolute Gasteiger partial charge is 0.252 e. The molecule has 0 saturated carbocycles. The Kier molecular flexibility index (Phi) is 10.6. The van der Waals surface area contributed by atoms with E-state index in [0.29, 0.717) is 0 Å². The Morgan fingerprint density at radius 3 is 1.52 bits per heavy atom. The van der Waals surface area contributed by atoms with E-state index >= 15 is 0 Å². The third-order valence-electron chi connectivity index (χ3n) is 17.6. The molecule has 3 nitrogen and oxygen atoms in total. The van der Waals surface area contributed by atoms with Crippen molar-refractivity contribution in [1.29, 1.82) is 0 Å². The molecule has 4 heteroatoms. The summed E-state index contributed by atoms with van der Waals surface area (Å²) in [5.74, 6) is 0. The van der Waals surface area contributed by atoms with Crippen LogP contribution in [-0.4, -0.2) is 6.71 Å². The van der Waals surface area contributed by atoms with E-state index in [0.717, 1.165) is 29.9 Å². The fraction of sp³-hybridized carbons (Fsp3) is 0.304. The quantitative estimate of drug-likeness (QED) is 0.154. The van der Waals surface area contributed by atoms with Crippen LogP contribution in [-0.2, 0) is 27.1 Å². The van der Waals surface area contributed by atoms with Crippen molar-refractivity contribution in [3.05, 3.63) is 203 Å². The predicted molar refractivity (Wildman–Crippen MR) is 315 cm³/mol. The molecular weight excluding hydrogens is 882 g/mol. The van der Waals surface area contributed by atoms with Gasteiger partial charge in [-0.3, -0.25) is 0 Å². The SMILES string of the molecule is Cc1cc2c3c(c1)N(c1ccc(C(C)(C)C)cc1-c1ccccc1)c1cc4c(cc1B3c1cc(N(c3ccccc3)c3ccccc3)ccc1N2c1cc2c(cc1C)C(C)(C)CCC2(C)C)C(C)(C)CC4(C)C. The molecular formula is C69H72BN3. The zero-order valence-corrected chi connectivity index (χ0v) is 45.6. The molecule has 0 amide bonds. The number of fused-ring (bicyclic) bond motifs is 6. The standard InChI is InChI=1S/C69H72BN3/c1-44-35-62-64-63(36-44)73(60-41-54-52(37-45(60)2)66(6,7)33-34-67(54,8)9)59-32-30-50(71(48-25-19-15-20-26-48)49-27-21-16-22-28-49)39-56(59)70(64)57-40-53-55(69(12,13)43-68(53,10)11)42-61(57)72(62)58-31-29-47(65(3,4)5)38-51(58)46-23-17-14-18-24-46/h14-32,35-42H,33-34,43H2,1-13H3. The summed E-state index contributed by atoms with van der Waals surface area (Å²) in [6, 6.07) is 63.1. The van der Waals surface area contributed by atoms with Crippen LogP contribution in [0.25, 0.3) is 11.1 Å². The fourth-order valence-electron chi connectivity index (χ4n) is 13.8.